The Hall–Kier alpha value is -0.640. The highest BCUT2D eigenvalue weighted by Gasteiger charge is 2.07. The van der Waals surface area contributed by atoms with E-state index in [2.05, 4.69) is 28.7 Å². The summed E-state index contributed by atoms with van der Waals surface area (Å²) in [6.07, 6.45) is 0. The average molecular weight is 315 g/mol. The van der Waals surface area contributed by atoms with Crippen molar-refractivity contribution in [3.05, 3.63) is 32.2 Å². The van der Waals surface area contributed by atoms with E-state index in [1.807, 2.05) is 17.5 Å². The molecule has 0 aliphatic carbocycles. The number of aliphatic hydroxyl groups excluding tert-OH is 1. The molecule has 0 aliphatic rings. The second-order valence-electron chi connectivity index (χ2n) is 2.86. The monoisotopic (exact) mass is 315 g/mol. The summed E-state index contributed by atoms with van der Waals surface area (Å²) >= 11 is 3.75. The SMILES string of the molecule is N#Cc1cc2c(CO)csc2cc1I. The van der Waals surface area contributed by atoms with Crippen molar-refractivity contribution < 1.29 is 5.11 Å². The molecule has 1 aromatic heterocycles. The Labute approximate surface area is 98.9 Å². The molecule has 1 N–H and O–H groups in total. The van der Waals surface area contributed by atoms with Crippen molar-refractivity contribution in [2.45, 2.75) is 6.61 Å². The zero-order valence-electron chi connectivity index (χ0n) is 7.12. The fourth-order valence-corrected chi connectivity index (χ4v) is 3.08. The van der Waals surface area contributed by atoms with Gasteiger partial charge in [0.05, 0.1) is 12.2 Å². The van der Waals surface area contributed by atoms with Crippen molar-refractivity contribution in [1.29, 1.82) is 5.26 Å². The second-order valence-corrected chi connectivity index (χ2v) is 4.93. The summed E-state index contributed by atoms with van der Waals surface area (Å²) in [6.45, 7) is 0.0332. The van der Waals surface area contributed by atoms with Crippen LogP contribution in [0.15, 0.2) is 17.5 Å². The molecule has 0 saturated carbocycles. The molecule has 2 rings (SSSR count). The predicted molar refractivity (Wildman–Crippen MR) is 65.2 cm³/mol. The van der Waals surface area contributed by atoms with Crippen LogP contribution >= 0.6 is 33.9 Å². The molecule has 2 aromatic rings. The Kier molecular flexibility index (Phi) is 2.72. The van der Waals surface area contributed by atoms with Gasteiger partial charge in [-0.2, -0.15) is 5.26 Å². The van der Waals surface area contributed by atoms with E-state index in [0.717, 1.165) is 19.2 Å². The zero-order chi connectivity index (χ0) is 10.1. The van der Waals surface area contributed by atoms with Gasteiger partial charge in [0.1, 0.15) is 6.07 Å². The van der Waals surface area contributed by atoms with Crippen molar-refractivity contribution in [2.24, 2.45) is 0 Å². The fourth-order valence-electron chi connectivity index (χ4n) is 1.31. The molecule has 2 nitrogen and oxygen atoms in total. The number of rotatable bonds is 1. The van der Waals surface area contributed by atoms with Gasteiger partial charge in [0.15, 0.2) is 0 Å². The molecule has 0 aliphatic heterocycles. The van der Waals surface area contributed by atoms with Gasteiger partial charge in [-0.05, 0) is 51.1 Å². The highest BCUT2D eigenvalue weighted by molar-refractivity contribution is 14.1. The quantitative estimate of drug-likeness (QED) is 0.823. The number of aliphatic hydroxyl groups is 1. The van der Waals surface area contributed by atoms with E-state index in [-0.39, 0.29) is 6.61 Å². The third-order valence-electron chi connectivity index (χ3n) is 2.03. The molecule has 1 aromatic carbocycles. The summed E-state index contributed by atoms with van der Waals surface area (Å²) in [4.78, 5) is 0. The Bertz CT molecular complexity index is 527. The summed E-state index contributed by atoms with van der Waals surface area (Å²) < 4.78 is 2.08. The van der Waals surface area contributed by atoms with Gasteiger partial charge >= 0.3 is 0 Å². The maximum Gasteiger partial charge on any atom is 0.100 e. The number of hydrogen-bond donors (Lipinski definition) is 1. The molecule has 4 heteroatoms. The maximum atomic E-state index is 9.08. The highest BCUT2D eigenvalue weighted by atomic mass is 127. The van der Waals surface area contributed by atoms with Gasteiger partial charge in [0.2, 0.25) is 0 Å². The zero-order valence-corrected chi connectivity index (χ0v) is 10.1. The Morgan fingerprint density at radius 3 is 2.93 bits per heavy atom. The molecule has 0 saturated heterocycles. The minimum Gasteiger partial charge on any atom is -0.392 e. The number of thiophene rings is 1. The minimum atomic E-state index is 0.0332. The first-order chi connectivity index (χ1) is 6.76. The van der Waals surface area contributed by atoms with Gasteiger partial charge < -0.3 is 5.11 Å². The molecule has 0 amide bonds. The molecule has 14 heavy (non-hydrogen) atoms. The van der Waals surface area contributed by atoms with Gasteiger partial charge in [-0.15, -0.1) is 11.3 Å². The first-order valence-electron chi connectivity index (χ1n) is 3.97. The van der Waals surface area contributed by atoms with Crippen LogP contribution in [0, 0.1) is 14.9 Å². The van der Waals surface area contributed by atoms with Crippen molar-refractivity contribution in [2.75, 3.05) is 0 Å². The van der Waals surface area contributed by atoms with Gasteiger partial charge in [0.25, 0.3) is 0 Å². The summed E-state index contributed by atoms with van der Waals surface area (Å²) in [7, 11) is 0. The second kappa shape index (κ2) is 3.85. The van der Waals surface area contributed by atoms with Crippen LogP contribution in [-0.4, -0.2) is 5.11 Å². The van der Waals surface area contributed by atoms with Crippen LogP contribution in [0.3, 0.4) is 0 Å². The number of benzene rings is 1. The fraction of sp³-hybridized carbons (Fsp3) is 0.100. The molecule has 70 valence electrons. The molecule has 0 spiro atoms. The molecule has 0 fully saturated rings. The van der Waals surface area contributed by atoms with E-state index < -0.39 is 0 Å². The summed E-state index contributed by atoms with van der Waals surface area (Å²) in [6, 6.07) is 5.97. The Balaban J connectivity index is 2.78. The minimum absolute atomic E-state index is 0.0332. The van der Waals surface area contributed by atoms with Crippen LogP contribution in [0.1, 0.15) is 11.1 Å². The molecule has 0 radical (unpaired) electrons. The number of nitrogens with zero attached hydrogens (tertiary/aromatic N) is 1. The Morgan fingerprint density at radius 1 is 1.50 bits per heavy atom. The van der Waals surface area contributed by atoms with Crippen molar-refractivity contribution >= 4 is 44.0 Å². The molecule has 0 bridgehead atoms. The number of fused-ring (bicyclic) bond motifs is 1. The van der Waals surface area contributed by atoms with Crippen molar-refractivity contribution in [3.8, 4) is 6.07 Å². The van der Waals surface area contributed by atoms with Gasteiger partial charge in [0, 0.05) is 8.27 Å². The number of hydrogen-bond acceptors (Lipinski definition) is 3. The normalized spacial score (nSPS) is 10.4. The smallest absolute Gasteiger partial charge is 0.100 e. The third kappa shape index (κ3) is 1.52. The van der Waals surface area contributed by atoms with Crippen LogP contribution in [0.4, 0.5) is 0 Å². The molecule has 0 unspecified atom stereocenters. The van der Waals surface area contributed by atoms with Crippen molar-refractivity contribution in [1.82, 2.24) is 0 Å². The van der Waals surface area contributed by atoms with Crippen LogP contribution in [0.2, 0.25) is 0 Å². The summed E-state index contributed by atoms with van der Waals surface area (Å²) in [5, 5.41) is 20.9. The summed E-state index contributed by atoms with van der Waals surface area (Å²) in [5.41, 5.74) is 1.57. The van der Waals surface area contributed by atoms with E-state index in [0.29, 0.717) is 5.56 Å². The average Bonchev–Trinajstić information content (AvgIpc) is 2.58. The lowest BCUT2D eigenvalue weighted by Gasteiger charge is -1.97. The molecular formula is C10H6INOS. The third-order valence-corrected chi connectivity index (χ3v) is 3.92. The lowest BCUT2D eigenvalue weighted by atomic mass is 10.1. The first-order valence-corrected chi connectivity index (χ1v) is 5.92. The van der Waals surface area contributed by atoms with Crippen molar-refractivity contribution in [3.63, 3.8) is 0 Å². The maximum absolute atomic E-state index is 9.08. The standard InChI is InChI=1S/C10H6INOS/c11-9-2-10-8(1-6(9)3-12)7(4-13)5-14-10/h1-2,5,13H,4H2. The van der Waals surface area contributed by atoms with E-state index in [4.69, 9.17) is 10.4 Å². The lowest BCUT2D eigenvalue weighted by Crippen LogP contribution is -1.83. The molecular weight excluding hydrogens is 309 g/mol. The van der Waals surface area contributed by atoms with Gasteiger partial charge in [-0.1, -0.05) is 0 Å². The van der Waals surface area contributed by atoms with Crippen LogP contribution in [0.5, 0.6) is 0 Å². The molecule has 0 atom stereocenters. The van der Waals surface area contributed by atoms with E-state index in [9.17, 15) is 0 Å². The van der Waals surface area contributed by atoms with Crippen LogP contribution in [-0.2, 0) is 6.61 Å². The van der Waals surface area contributed by atoms with E-state index in [1.54, 1.807) is 11.3 Å². The van der Waals surface area contributed by atoms with Crippen LogP contribution in [0.25, 0.3) is 10.1 Å². The largest absolute Gasteiger partial charge is 0.392 e. The highest BCUT2D eigenvalue weighted by Crippen LogP contribution is 2.29. The predicted octanol–water partition coefficient (Wildman–Crippen LogP) is 2.87. The van der Waals surface area contributed by atoms with Gasteiger partial charge in [-0.3, -0.25) is 0 Å². The number of nitriles is 1. The summed E-state index contributed by atoms with van der Waals surface area (Å²) in [5.74, 6) is 0. The van der Waals surface area contributed by atoms with Crippen LogP contribution < -0.4 is 0 Å². The number of halogens is 1. The van der Waals surface area contributed by atoms with Gasteiger partial charge in [-0.25, -0.2) is 0 Å². The first kappa shape index (κ1) is 9.90. The lowest BCUT2D eigenvalue weighted by molar-refractivity contribution is 0.284. The molecule has 1 heterocycles. The topological polar surface area (TPSA) is 44.0 Å². The Morgan fingerprint density at radius 2 is 2.29 bits per heavy atom. The van der Waals surface area contributed by atoms with E-state index in [1.165, 1.54) is 0 Å². The van der Waals surface area contributed by atoms with E-state index >= 15 is 0 Å².